The molecule has 0 aliphatic heterocycles. The molecule has 0 aliphatic rings. The van der Waals surface area contributed by atoms with E-state index in [1.807, 2.05) is 67.9 Å². The van der Waals surface area contributed by atoms with Crippen LogP contribution in [0.15, 0.2) is 58.3 Å². The maximum absolute atomic E-state index is 13.0. The van der Waals surface area contributed by atoms with Crippen LogP contribution in [0, 0.1) is 6.92 Å². The van der Waals surface area contributed by atoms with E-state index >= 15 is 0 Å². The summed E-state index contributed by atoms with van der Waals surface area (Å²) in [6.07, 6.45) is 0. The number of aryl methyl sites for hydroxylation is 1. The second-order valence-electron chi connectivity index (χ2n) is 6.17. The van der Waals surface area contributed by atoms with Crippen molar-refractivity contribution in [1.82, 2.24) is 9.88 Å². The molecule has 0 aliphatic carbocycles. The van der Waals surface area contributed by atoms with Gasteiger partial charge in [0.15, 0.2) is 0 Å². The SMILES string of the molecule is COc1ccccc1CN(C)C(=O)c1ccccc1CSc1nc(C)cs1. The Labute approximate surface area is 168 Å². The monoisotopic (exact) mass is 398 g/mol. The summed E-state index contributed by atoms with van der Waals surface area (Å²) in [6, 6.07) is 15.6. The summed E-state index contributed by atoms with van der Waals surface area (Å²) >= 11 is 3.30. The van der Waals surface area contributed by atoms with Gasteiger partial charge in [-0.1, -0.05) is 48.2 Å². The van der Waals surface area contributed by atoms with Gasteiger partial charge in [-0.25, -0.2) is 4.98 Å². The molecule has 0 fully saturated rings. The fraction of sp³-hybridized carbons (Fsp3) is 0.238. The average molecular weight is 399 g/mol. The molecule has 3 rings (SSSR count). The van der Waals surface area contributed by atoms with Gasteiger partial charge in [0.05, 0.1) is 7.11 Å². The van der Waals surface area contributed by atoms with E-state index in [0.29, 0.717) is 6.54 Å². The van der Waals surface area contributed by atoms with Crippen LogP contribution in [0.2, 0.25) is 0 Å². The summed E-state index contributed by atoms with van der Waals surface area (Å²) in [4.78, 5) is 19.3. The van der Waals surface area contributed by atoms with Gasteiger partial charge in [0.25, 0.3) is 5.91 Å². The van der Waals surface area contributed by atoms with Gasteiger partial charge in [-0.3, -0.25) is 4.79 Å². The van der Waals surface area contributed by atoms with Crippen LogP contribution in [0.25, 0.3) is 0 Å². The third kappa shape index (κ3) is 4.90. The maximum Gasteiger partial charge on any atom is 0.254 e. The molecule has 0 saturated heterocycles. The first-order chi connectivity index (χ1) is 13.1. The molecule has 1 heterocycles. The lowest BCUT2D eigenvalue weighted by Crippen LogP contribution is -2.27. The zero-order chi connectivity index (χ0) is 19.2. The van der Waals surface area contributed by atoms with Gasteiger partial charge in [0.1, 0.15) is 10.1 Å². The largest absolute Gasteiger partial charge is 0.496 e. The minimum absolute atomic E-state index is 0.00688. The second kappa shape index (κ2) is 9.06. The van der Waals surface area contributed by atoms with E-state index in [2.05, 4.69) is 4.98 Å². The third-order valence-electron chi connectivity index (χ3n) is 4.14. The molecule has 0 bridgehead atoms. The molecule has 0 unspecified atom stereocenters. The number of carbonyl (C=O) groups excluding carboxylic acids is 1. The fourth-order valence-corrected chi connectivity index (χ4v) is 4.61. The Balaban J connectivity index is 1.74. The zero-order valence-electron chi connectivity index (χ0n) is 15.6. The van der Waals surface area contributed by atoms with E-state index in [-0.39, 0.29) is 5.91 Å². The van der Waals surface area contributed by atoms with Crippen LogP contribution in [0.1, 0.15) is 27.2 Å². The Hall–Kier alpha value is -2.31. The number of nitrogens with zero attached hydrogens (tertiary/aromatic N) is 2. The van der Waals surface area contributed by atoms with Crippen molar-refractivity contribution in [2.75, 3.05) is 14.2 Å². The van der Waals surface area contributed by atoms with Crippen LogP contribution < -0.4 is 4.74 Å². The summed E-state index contributed by atoms with van der Waals surface area (Å²) in [7, 11) is 3.47. The Bertz CT molecular complexity index is 924. The molecule has 3 aromatic rings. The first-order valence-corrected chi connectivity index (χ1v) is 10.4. The van der Waals surface area contributed by atoms with Crippen molar-refractivity contribution in [3.8, 4) is 5.75 Å². The quantitative estimate of drug-likeness (QED) is 0.524. The number of methoxy groups -OCH3 is 1. The molecule has 1 amide bonds. The van der Waals surface area contributed by atoms with E-state index in [1.54, 1.807) is 35.1 Å². The van der Waals surface area contributed by atoms with Gasteiger partial charge in [-0.15, -0.1) is 11.3 Å². The highest BCUT2D eigenvalue weighted by Crippen LogP contribution is 2.28. The molecule has 6 heteroatoms. The highest BCUT2D eigenvalue weighted by atomic mass is 32.2. The average Bonchev–Trinajstić information content (AvgIpc) is 3.11. The van der Waals surface area contributed by atoms with Crippen LogP contribution in [-0.4, -0.2) is 29.9 Å². The van der Waals surface area contributed by atoms with Gasteiger partial charge >= 0.3 is 0 Å². The standard InChI is InChI=1S/C21H22N2O2S2/c1-15-13-26-21(22-15)27-14-17-9-4-6-10-18(17)20(24)23(2)12-16-8-5-7-11-19(16)25-3/h4-11,13H,12,14H2,1-3H3. The molecular weight excluding hydrogens is 376 g/mol. The van der Waals surface area contributed by atoms with E-state index in [1.165, 1.54) is 0 Å². The minimum Gasteiger partial charge on any atom is -0.496 e. The second-order valence-corrected chi connectivity index (χ2v) is 8.25. The molecule has 0 spiro atoms. The lowest BCUT2D eigenvalue weighted by Gasteiger charge is -2.20. The number of thioether (sulfide) groups is 1. The zero-order valence-corrected chi connectivity index (χ0v) is 17.3. The number of aromatic nitrogens is 1. The van der Waals surface area contributed by atoms with Gasteiger partial charge in [0.2, 0.25) is 0 Å². The Morgan fingerprint density at radius 2 is 1.85 bits per heavy atom. The lowest BCUT2D eigenvalue weighted by molar-refractivity contribution is 0.0783. The van der Waals surface area contributed by atoms with Gasteiger partial charge in [-0.2, -0.15) is 0 Å². The topological polar surface area (TPSA) is 42.4 Å². The van der Waals surface area contributed by atoms with Crippen LogP contribution >= 0.6 is 23.1 Å². The highest BCUT2D eigenvalue weighted by molar-refractivity contribution is 8.00. The number of thiazole rings is 1. The van der Waals surface area contributed by atoms with Crippen LogP contribution in [0.4, 0.5) is 0 Å². The van der Waals surface area contributed by atoms with Gasteiger partial charge < -0.3 is 9.64 Å². The number of benzene rings is 2. The number of rotatable bonds is 7. The van der Waals surface area contributed by atoms with Crippen molar-refractivity contribution in [3.63, 3.8) is 0 Å². The molecule has 0 radical (unpaired) electrons. The Morgan fingerprint density at radius 1 is 1.15 bits per heavy atom. The number of ether oxygens (including phenoxy) is 1. The van der Waals surface area contributed by atoms with Crippen molar-refractivity contribution >= 4 is 29.0 Å². The fourth-order valence-electron chi connectivity index (χ4n) is 2.76. The van der Waals surface area contributed by atoms with Crippen molar-refractivity contribution in [2.45, 2.75) is 23.6 Å². The summed E-state index contributed by atoms with van der Waals surface area (Å²) < 4.78 is 6.42. The smallest absolute Gasteiger partial charge is 0.254 e. The Morgan fingerprint density at radius 3 is 2.56 bits per heavy atom. The first-order valence-electron chi connectivity index (χ1n) is 8.58. The van der Waals surface area contributed by atoms with Crippen LogP contribution in [-0.2, 0) is 12.3 Å². The lowest BCUT2D eigenvalue weighted by atomic mass is 10.1. The number of hydrogen-bond acceptors (Lipinski definition) is 5. The van der Waals surface area contributed by atoms with Crippen LogP contribution in [0.3, 0.4) is 0 Å². The molecule has 1 aromatic heterocycles. The van der Waals surface area contributed by atoms with Crippen LogP contribution in [0.5, 0.6) is 5.75 Å². The predicted molar refractivity (Wildman–Crippen MR) is 112 cm³/mol. The molecule has 27 heavy (non-hydrogen) atoms. The number of carbonyl (C=O) groups is 1. The third-order valence-corrected chi connectivity index (χ3v) is 6.33. The van der Waals surface area contributed by atoms with Crippen molar-refractivity contribution in [2.24, 2.45) is 0 Å². The maximum atomic E-state index is 13.0. The van der Waals surface area contributed by atoms with E-state index in [9.17, 15) is 4.79 Å². The van der Waals surface area contributed by atoms with E-state index < -0.39 is 0 Å². The Kier molecular flexibility index (Phi) is 6.53. The predicted octanol–water partition coefficient (Wildman–Crippen LogP) is 5.02. The molecular formula is C21H22N2O2S2. The molecule has 4 nitrogen and oxygen atoms in total. The van der Waals surface area contributed by atoms with Crippen molar-refractivity contribution in [1.29, 1.82) is 0 Å². The number of hydrogen-bond donors (Lipinski definition) is 0. The van der Waals surface area contributed by atoms with E-state index in [4.69, 9.17) is 4.74 Å². The first kappa shape index (κ1) is 19.5. The highest BCUT2D eigenvalue weighted by Gasteiger charge is 2.17. The summed E-state index contributed by atoms with van der Waals surface area (Å²) in [6.45, 7) is 2.49. The minimum atomic E-state index is 0.00688. The number of para-hydroxylation sites is 1. The van der Waals surface area contributed by atoms with Crippen molar-refractivity contribution in [3.05, 3.63) is 76.3 Å². The number of amides is 1. The van der Waals surface area contributed by atoms with Gasteiger partial charge in [-0.05, 0) is 24.6 Å². The summed E-state index contributed by atoms with van der Waals surface area (Å²) in [5.74, 6) is 1.52. The molecule has 0 N–H and O–H groups in total. The summed E-state index contributed by atoms with van der Waals surface area (Å²) in [5.41, 5.74) is 3.77. The summed E-state index contributed by atoms with van der Waals surface area (Å²) in [5, 5.41) is 2.04. The molecule has 140 valence electrons. The normalized spacial score (nSPS) is 10.6. The molecule has 0 saturated carbocycles. The molecule has 0 atom stereocenters. The van der Waals surface area contributed by atoms with Crippen molar-refractivity contribution < 1.29 is 9.53 Å². The van der Waals surface area contributed by atoms with E-state index in [0.717, 1.165) is 38.2 Å². The molecule has 2 aromatic carbocycles. The van der Waals surface area contributed by atoms with Gasteiger partial charge in [0, 0.05) is 41.5 Å².